The van der Waals surface area contributed by atoms with Gasteiger partial charge in [0.15, 0.2) is 5.82 Å². The second-order valence-corrected chi connectivity index (χ2v) is 7.07. The lowest BCUT2D eigenvalue weighted by Gasteiger charge is -2.13. The molecule has 0 radical (unpaired) electrons. The van der Waals surface area contributed by atoms with E-state index in [0.29, 0.717) is 22.8 Å². The fourth-order valence-electron chi connectivity index (χ4n) is 2.79. The van der Waals surface area contributed by atoms with E-state index in [9.17, 15) is 4.79 Å². The summed E-state index contributed by atoms with van der Waals surface area (Å²) < 4.78 is 1.76. The minimum absolute atomic E-state index is 0.00529. The van der Waals surface area contributed by atoms with E-state index in [1.807, 2.05) is 38.5 Å². The number of hydrogen-bond acceptors (Lipinski definition) is 6. The molecule has 0 unspecified atom stereocenters. The molecule has 2 heterocycles. The predicted octanol–water partition coefficient (Wildman–Crippen LogP) is 2.71. The highest BCUT2D eigenvalue weighted by Gasteiger charge is 2.23. The van der Waals surface area contributed by atoms with Gasteiger partial charge in [-0.05, 0) is 52.2 Å². The Morgan fingerprint density at radius 2 is 2.15 bits per heavy atom. The second kappa shape index (κ2) is 7.94. The molecule has 8 heteroatoms. The maximum Gasteiger partial charge on any atom is 0.202 e. The molecule has 27 heavy (non-hydrogen) atoms. The zero-order chi connectivity index (χ0) is 19.6. The van der Waals surface area contributed by atoms with E-state index < -0.39 is 0 Å². The molecule has 3 N–H and O–H groups in total. The molecule has 0 aliphatic heterocycles. The van der Waals surface area contributed by atoms with Crippen molar-refractivity contribution in [3.63, 3.8) is 0 Å². The molecular weight excluding hydrogens is 364 g/mol. The van der Waals surface area contributed by atoms with Crippen LogP contribution in [0.3, 0.4) is 0 Å². The Balaban J connectivity index is 2.00. The van der Waals surface area contributed by atoms with Crippen LogP contribution in [0.25, 0.3) is 5.52 Å². The highest BCUT2D eigenvalue weighted by Crippen LogP contribution is 2.31. The standard InChI is InChI=1S/C19H23ClN6O/c1-12-11-13(16(21)15(20)18(12)27)23-17-14-7-4-5-10-26(14)24-19(17)22-8-6-9-25(2)3/h4-5,7,10-11H,6,8-9,21H2,1-3H3,(H,22,24). The number of Topliss-reactive ketones (excluding diaryl/α,β-unsaturated/α-hetero) is 1. The molecule has 3 rings (SSSR count). The normalized spacial score (nSPS) is 16.6. The largest absolute Gasteiger partial charge is 0.396 e. The van der Waals surface area contributed by atoms with Crippen molar-refractivity contribution < 1.29 is 4.79 Å². The Labute approximate surface area is 163 Å². The van der Waals surface area contributed by atoms with Crippen LogP contribution in [0.1, 0.15) is 13.3 Å². The van der Waals surface area contributed by atoms with Crippen LogP contribution in [0.4, 0.5) is 11.5 Å². The monoisotopic (exact) mass is 386 g/mol. The van der Waals surface area contributed by atoms with Gasteiger partial charge in [-0.25, -0.2) is 9.51 Å². The van der Waals surface area contributed by atoms with Crippen LogP contribution in [0, 0.1) is 0 Å². The highest BCUT2D eigenvalue weighted by atomic mass is 35.5. The average molecular weight is 387 g/mol. The first-order valence-electron chi connectivity index (χ1n) is 8.71. The molecule has 0 spiro atoms. The SMILES string of the molecule is CC1=CC(=Nc2c(NCCCN(C)C)nn3ccccc23)C(N)=C(Cl)C1=O. The third kappa shape index (κ3) is 4.04. The summed E-state index contributed by atoms with van der Waals surface area (Å²) in [6.07, 6.45) is 4.49. The van der Waals surface area contributed by atoms with E-state index in [1.54, 1.807) is 17.5 Å². The third-order valence-electron chi connectivity index (χ3n) is 4.24. The lowest BCUT2D eigenvalue weighted by Crippen LogP contribution is -2.21. The number of ketones is 1. The van der Waals surface area contributed by atoms with Crippen molar-refractivity contribution in [1.29, 1.82) is 0 Å². The van der Waals surface area contributed by atoms with Crippen molar-refractivity contribution in [2.24, 2.45) is 10.7 Å². The van der Waals surface area contributed by atoms with Gasteiger partial charge < -0.3 is 16.0 Å². The van der Waals surface area contributed by atoms with Gasteiger partial charge >= 0.3 is 0 Å². The molecular formula is C19H23ClN6O. The summed E-state index contributed by atoms with van der Waals surface area (Å²) in [7, 11) is 4.08. The molecule has 0 bridgehead atoms. The molecule has 2 aromatic heterocycles. The quantitative estimate of drug-likeness (QED) is 0.588. The molecule has 0 saturated heterocycles. The van der Waals surface area contributed by atoms with E-state index >= 15 is 0 Å². The Bertz CT molecular complexity index is 970. The van der Waals surface area contributed by atoms with Crippen molar-refractivity contribution in [3.05, 3.63) is 46.8 Å². The Hall–Kier alpha value is -2.64. The molecule has 1 aliphatic carbocycles. The van der Waals surface area contributed by atoms with Gasteiger partial charge in [0.05, 0.1) is 16.9 Å². The summed E-state index contributed by atoms with van der Waals surface area (Å²) in [6.45, 7) is 3.43. The lowest BCUT2D eigenvalue weighted by molar-refractivity contribution is -0.111. The van der Waals surface area contributed by atoms with Crippen molar-refractivity contribution in [2.75, 3.05) is 32.5 Å². The number of nitrogens with zero attached hydrogens (tertiary/aromatic N) is 4. The fourth-order valence-corrected chi connectivity index (χ4v) is 3.03. The van der Waals surface area contributed by atoms with Crippen LogP contribution < -0.4 is 11.1 Å². The van der Waals surface area contributed by atoms with Crippen LogP contribution in [0.5, 0.6) is 0 Å². The zero-order valence-corrected chi connectivity index (χ0v) is 16.4. The molecule has 0 atom stereocenters. The van der Waals surface area contributed by atoms with Crippen molar-refractivity contribution in [1.82, 2.24) is 14.5 Å². The molecule has 0 fully saturated rings. The van der Waals surface area contributed by atoms with Crippen molar-refractivity contribution in [2.45, 2.75) is 13.3 Å². The molecule has 0 saturated carbocycles. The minimum atomic E-state index is -0.269. The number of fused-ring (bicyclic) bond motifs is 1. The van der Waals surface area contributed by atoms with E-state index in [2.05, 4.69) is 15.3 Å². The average Bonchev–Trinajstić information content (AvgIpc) is 2.99. The number of rotatable bonds is 6. The summed E-state index contributed by atoms with van der Waals surface area (Å²) in [5, 5.41) is 7.94. The fraction of sp³-hybridized carbons (Fsp3) is 0.316. The zero-order valence-electron chi connectivity index (χ0n) is 15.7. The van der Waals surface area contributed by atoms with E-state index in [0.717, 1.165) is 25.0 Å². The summed E-state index contributed by atoms with van der Waals surface area (Å²) in [5.74, 6) is 0.398. The molecule has 1 aliphatic rings. The van der Waals surface area contributed by atoms with E-state index in [1.165, 1.54) is 0 Å². The van der Waals surface area contributed by atoms with Crippen molar-refractivity contribution >= 4 is 40.1 Å². The Kier molecular flexibility index (Phi) is 5.62. The first-order valence-corrected chi connectivity index (χ1v) is 9.09. The molecule has 0 aromatic carbocycles. The number of hydrogen-bond donors (Lipinski definition) is 2. The van der Waals surface area contributed by atoms with E-state index in [-0.39, 0.29) is 16.5 Å². The first-order chi connectivity index (χ1) is 12.9. The summed E-state index contributed by atoms with van der Waals surface area (Å²) >= 11 is 6.08. The van der Waals surface area contributed by atoms with Crippen LogP contribution in [0.15, 0.2) is 51.8 Å². The number of pyridine rings is 1. The Morgan fingerprint density at radius 1 is 1.37 bits per heavy atom. The first kappa shape index (κ1) is 19.1. The number of nitrogens with one attached hydrogen (secondary N) is 1. The Morgan fingerprint density at radius 3 is 2.89 bits per heavy atom. The van der Waals surface area contributed by atoms with Gasteiger partial charge in [0.2, 0.25) is 5.78 Å². The van der Waals surface area contributed by atoms with Gasteiger partial charge in [0.25, 0.3) is 0 Å². The maximum atomic E-state index is 12.0. The second-order valence-electron chi connectivity index (χ2n) is 6.69. The molecule has 0 amide bonds. The van der Waals surface area contributed by atoms with Gasteiger partial charge in [0, 0.05) is 18.3 Å². The minimum Gasteiger partial charge on any atom is -0.396 e. The molecule has 2 aromatic rings. The number of aliphatic imine (C=N–C) groups is 1. The number of carbonyl (C=O) groups excluding carboxylic acids is 1. The van der Waals surface area contributed by atoms with Gasteiger partial charge in [-0.15, -0.1) is 5.10 Å². The lowest BCUT2D eigenvalue weighted by atomic mass is 10.0. The summed E-state index contributed by atoms with van der Waals surface area (Å²) in [4.78, 5) is 18.8. The molecule has 7 nitrogen and oxygen atoms in total. The van der Waals surface area contributed by atoms with Crippen LogP contribution in [-0.2, 0) is 4.79 Å². The number of allylic oxidation sites excluding steroid dienone is 3. The predicted molar refractivity (Wildman–Crippen MR) is 110 cm³/mol. The number of aromatic nitrogens is 2. The highest BCUT2D eigenvalue weighted by molar-refractivity contribution is 6.49. The number of anilines is 1. The summed E-state index contributed by atoms with van der Waals surface area (Å²) in [5.41, 5.74) is 8.70. The van der Waals surface area contributed by atoms with Crippen LogP contribution in [-0.4, -0.2) is 53.2 Å². The van der Waals surface area contributed by atoms with Crippen molar-refractivity contribution in [3.8, 4) is 0 Å². The van der Waals surface area contributed by atoms with Gasteiger partial charge in [-0.1, -0.05) is 17.7 Å². The summed E-state index contributed by atoms with van der Waals surface area (Å²) in [6, 6.07) is 5.76. The van der Waals surface area contributed by atoms with Gasteiger partial charge in [-0.3, -0.25) is 4.79 Å². The number of nitrogens with two attached hydrogens (primary N) is 1. The molecule has 142 valence electrons. The topological polar surface area (TPSA) is 88.0 Å². The number of carbonyl (C=O) groups is 1. The van der Waals surface area contributed by atoms with E-state index in [4.69, 9.17) is 22.3 Å². The van der Waals surface area contributed by atoms with Crippen LogP contribution in [0.2, 0.25) is 0 Å². The smallest absolute Gasteiger partial charge is 0.202 e. The van der Waals surface area contributed by atoms with Gasteiger partial charge in [-0.2, -0.15) is 0 Å². The van der Waals surface area contributed by atoms with Crippen LogP contribution >= 0.6 is 11.6 Å². The maximum absolute atomic E-state index is 12.0. The number of halogens is 1. The third-order valence-corrected chi connectivity index (χ3v) is 4.62. The van der Waals surface area contributed by atoms with Gasteiger partial charge in [0.1, 0.15) is 10.7 Å².